The van der Waals surface area contributed by atoms with Crippen LogP contribution in [0.4, 0.5) is 11.4 Å². The van der Waals surface area contributed by atoms with Gasteiger partial charge in [0.2, 0.25) is 0 Å². The lowest BCUT2D eigenvalue weighted by Crippen LogP contribution is -2.44. The fourth-order valence-corrected chi connectivity index (χ4v) is 3.69. The Bertz CT molecular complexity index is 1130. The predicted octanol–water partition coefficient (Wildman–Crippen LogP) is 1.45. The number of carbonyl (C=O) groups is 2. The largest absolute Gasteiger partial charge is 0.369 e. The first-order valence-electron chi connectivity index (χ1n) is 9.84. The number of aryl methyl sites for hydroxylation is 2. The van der Waals surface area contributed by atoms with Crippen LogP contribution >= 0.6 is 0 Å². The number of primary amides is 1. The van der Waals surface area contributed by atoms with Crippen molar-refractivity contribution < 1.29 is 9.59 Å². The minimum absolute atomic E-state index is 0.240. The van der Waals surface area contributed by atoms with Crippen molar-refractivity contribution in [2.24, 2.45) is 5.73 Å². The van der Waals surface area contributed by atoms with Crippen LogP contribution in [-0.4, -0.2) is 64.5 Å². The normalized spacial score (nSPS) is 14.8. The molecule has 1 fully saturated rings. The number of piperazine rings is 1. The number of hydrogen-bond donors (Lipinski definition) is 2. The van der Waals surface area contributed by atoms with E-state index in [0.29, 0.717) is 5.69 Å². The number of amides is 2. The standard InChI is InChI=1S/C21H25N7O2/c1-13-12-28-19(14(2)23-13)11-18(25-28)21(30)24-17-5-4-15(10-16(17)20(22)29)27-8-6-26(3)7-9-27/h4-5,10-12H,6-9H2,1-3H3,(H2,22,29)(H,24,30). The summed E-state index contributed by atoms with van der Waals surface area (Å²) in [5.74, 6) is -1.00. The molecule has 1 aliphatic heterocycles. The van der Waals surface area contributed by atoms with E-state index in [9.17, 15) is 9.59 Å². The van der Waals surface area contributed by atoms with Crippen LogP contribution in [0.15, 0.2) is 30.5 Å². The van der Waals surface area contributed by atoms with Gasteiger partial charge >= 0.3 is 0 Å². The minimum atomic E-state index is -0.591. The third-order valence-electron chi connectivity index (χ3n) is 5.38. The number of rotatable bonds is 4. The molecule has 0 bridgehead atoms. The maximum atomic E-state index is 12.8. The maximum absolute atomic E-state index is 12.8. The Labute approximate surface area is 174 Å². The zero-order valence-corrected chi connectivity index (χ0v) is 17.3. The van der Waals surface area contributed by atoms with Gasteiger partial charge in [-0.25, -0.2) is 4.52 Å². The number of nitrogens with two attached hydrogens (primary N) is 1. The second-order valence-corrected chi connectivity index (χ2v) is 7.67. The van der Waals surface area contributed by atoms with Gasteiger partial charge in [-0.2, -0.15) is 5.10 Å². The third kappa shape index (κ3) is 3.84. The Hall–Kier alpha value is -3.46. The van der Waals surface area contributed by atoms with Crippen molar-refractivity contribution in [2.75, 3.05) is 43.4 Å². The molecule has 9 nitrogen and oxygen atoms in total. The first-order valence-corrected chi connectivity index (χ1v) is 9.84. The Morgan fingerprint density at radius 1 is 1.10 bits per heavy atom. The molecular formula is C21H25N7O2. The molecule has 2 aromatic heterocycles. The van der Waals surface area contributed by atoms with Crippen LogP contribution in [0.25, 0.3) is 5.52 Å². The lowest BCUT2D eigenvalue weighted by molar-refractivity contribution is 0.100. The highest BCUT2D eigenvalue weighted by atomic mass is 16.2. The quantitative estimate of drug-likeness (QED) is 0.678. The number of anilines is 2. The first kappa shape index (κ1) is 19.8. The van der Waals surface area contributed by atoms with Crippen molar-refractivity contribution >= 4 is 28.7 Å². The van der Waals surface area contributed by atoms with Crippen LogP contribution in [0.5, 0.6) is 0 Å². The van der Waals surface area contributed by atoms with E-state index in [1.165, 1.54) is 0 Å². The topological polar surface area (TPSA) is 109 Å². The van der Waals surface area contributed by atoms with E-state index in [1.54, 1.807) is 28.9 Å². The van der Waals surface area contributed by atoms with E-state index in [2.05, 4.69) is 32.2 Å². The van der Waals surface area contributed by atoms with Gasteiger partial charge in [0, 0.05) is 31.9 Å². The van der Waals surface area contributed by atoms with E-state index in [0.717, 1.165) is 48.8 Å². The molecule has 156 valence electrons. The lowest BCUT2D eigenvalue weighted by Gasteiger charge is -2.34. The monoisotopic (exact) mass is 407 g/mol. The van der Waals surface area contributed by atoms with Crippen molar-refractivity contribution in [3.63, 3.8) is 0 Å². The van der Waals surface area contributed by atoms with E-state index < -0.39 is 11.8 Å². The molecule has 0 atom stereocenters. The molecule has 0 spiro atoms. The Kier molecular flexibility index (Phi) is 5.13. The van der Waals surface area contributed by atoms with Crippen molar-refractivity contribution in [1.29, 1.82) is 0 Å². The lowest BCUT2D eigenvalue weighted by atomic mass is 10.1. The molecule has 0 saturated carbocycles. The third-order valence-corrected chi connectivity index (χ3v) is 5.38. The zero-order chi connectivity index (χ0) is 21.4. The molecule has 3 aromatic rings. The summed E-state index contributed by atoms with van der Waals surface area (Å²) in [6, 6.07) is 7.04. The van der Waals surface area contributed by atoms with Crippen LogP contribution in [0, 0.1) is 13.8 Å². The number of nitrogens with zero attached hydrogens (tertiary/aromatic N) is 5. The number of hydrogen-bond acceptors (Lipinski definition) is 6. The van der Waals surface area contributed by atoms with Crippen LogP contribution in [-0.2, 0) is 0 Å². The van der Waals surface area contributed by atoms with Crippen molar-refractivity contribution in [2.45, 2.75) is 13.8 Å². The molecule has 3 heterocycles. The number of carbonyl (C=O) groups excluding carboxylic acids is 2. The highest BCUT2D eigenvalue weighted by Gasteiger charge is 2.19. The molecular weight excluding hydrogens is 382 g/mol. The van der Waals surface area contributed by atoms with Gasteiger partial charge in [0.15, 0.2) is 5.69 Å². The van der Waals surface area contributed by atoms with Crippen molar-refractivity contribution in [1.82, 2.24) is 19.5 Å². The summed E-state index contributed by atoms with van der Waals surface area (Å²) >= 11 is 0. The van der Waals surface area contributed by atoms with Crippen LogP contribution in [0.2, 0.25) is 0 Å². The molecule has 30 heavy (non-hydrogen) atoms. The van der Waals surface area contributed by atoms with Gasteiger partial charge < -0.3 is 20.9 Å². The fourth-order valence-electron chi connectivity index (χ4n) is 3.69. The molecule has 3 N–H and O–H groups in total. The first-order chi connectivity index (χ1) is 14.3. The number of benzene rings is 1. The summed E-state index contributed by atoms with van der Waals surface area (Å²) in [6.45, 7) is 7.38. The summed E-state index contributed by atoms with van der Waals surface area (Å²) in [6.07, 6.45) is 1.76. The van der Waals surface area contributed by atoms with E-state index in [-0.39, 0.29) is 11.3 Å². The summed E-state index contributed by atoms with van der Waals surface area (Å²) in [7, 11) is 2.09. The van der Waals surface area contributed by atoms with Crippen LogP contribution in [0.1, 0.15) is 32.2 Å². The summed E-state index contributed by atoms with van der Waals surface area (Å²) in [4.78, 5) is 33.7. The second-order valence-electron chi connectivity index (χ2n) is 7.67. The second kappa shape index (κ2) is 7.75. The number of aromatic nitrogens is 3. The number of nitrogens with one attached hydrogen (secondary N) is 1. The molecule has 4 rings (SSSR count). The van der Waals surface area contributed by atoms with E-state index >= 15 is 0 Å². The average Bonchev–Trinajstić information content (AvgIpc) is 3.13. The summed E-state index contributed by atoms with van der Waals surface area (Å²) in [5, 5.41) is 7.12. The van der Waals surface area contributed by atoms with Gasteiger partial charge in [0.1, 0.15) is 0 Å². The van der Waals surface area contributed by atoms with Gasteiger partial charge in [-0.3, -0.25) is 14.6 Å². The maximum Gasteiger partial charge on any atom is 0.276 e. The summed E-state index contributed by atoms with van der Waals surface area (Å²) < 4.78 is 1.64. The molecule has 0 radical (unpaired) electrons. The molecule has 1 saturated heterocycles. The minimum Gasteiger partial charge on any atom is -0.369 e. The van der Waals surface area contributed by atoms with Gasteiger partial charge in [-0.1, -0.05) is 0 Å². The van der Waals surface area contributed by atoms with Gasteiger partial charge in [0.05, 0.1) is 34.4 Å². The molecule has 2 amide bonds. The summed E-state index contributed by atoms with van der Waals surface area (Å²) in [5.41, 5.74) is 9.76. The molecule has 0 aliphatic carbocycles. The average molecular weight is 407 g/mol. The Morgan fingerprint density at radius 2 is 1.83 bits per heavy atom. The van der Waals surface area contributed by atoms with Gasteiger partial charge in [-0.15, -0.1) is 0 Å². The van der Waals surface area contributed by atoms with Gasteiger partial charge in [0.25, 0.3) is 11.8 Å². The van der Waals surface area contributed by atoms with Crippen molar-refractivity contribution in [3.05, 3.63) is 53.1 Å². The van der Waals surface area contributed by atoms with E-state index in [4.69, 9.17) is 5.73 Å². The highest BCUT2D eigenvalue weighted by Crippen LogP contribution is 2.25. The van der Waals surface area contributed by atoms with Crippen LogP contribution in [0.3, 0.4) is 0 Å². The number of fused-ring (bicyclic) bond motifs is 1. The zero-order valence-electron chi connectivity index (χ0n) is 17.3. The molecule has 1 aliphatic rings. The Balaban J connectivity index is 1.60. The predicted molar refractivity (Wildman–Crippen MR) is 115 cm³/mol. The smallest absolute Gasteiger partial charge is 0.276 e. The SMILES string of the molecule is Cc1cn2nc(C(=O)Nc3ccc(N4CCN(C)CC4)cc3C(N)=O)cc2c(C)n1. The molecule has 9 heteroatoms. The number of likely N-dealkylation sites (N-methyl/N-ethyl adjacent to an activating group) is 1. The van der Waals surface area contributed by atoms with E-state index in [1.807, 2.05) is 19.9 Å². The Morgan fingerprint density at radius 3 is 2.53 bits per heavy atom. The molecule has 0 unspecified atom stereocenters. The highest BCUT2D eigenvalue weighted by molar-refractivity contribution is 6.08. The van der Waals surface area contributed by atoms with Crippen molar-refractivity contribution in [3.8, 4) is 0 Å². The molecule has 1 aromatic carbocycles. The fraction of sp³-hybridized carbons (Fsp3) is 0.333. The van der Waals surface area contributed by atoms with Gasteiger partial charge in [-0.05, 0) is 45.2 Å². The van der Waals surface area contributed by atoms with Crippen LogP contribution < -0.4 is 16.0 Å².